The Kier molecular flexibility index (Phi) is 2.49. The number of aryl methyl sites for hydroxylation is 1. The van der Waals surface area contributed by atoms with Gasteiger partial charge in [-0.25, -0.2) is 4.98 Å². The lowest BCUT2D eigenvalue weighted by atomic mass is 10.2. The van der Waals surface area contributed by atoms with Gasteiger partial charge < -0.3 is 11.5 Å². The number of nitrogens with two attached hydrogens (primary N) is 2. The average molecular weight is 273 g/mol. The van der Waals surface area contributed by atoms with E-state index in [1.165, 1.54) is 16.0 Å². The molecule has 0 spiro atoms. The van der Waals surface area contributed by atoms with Crippen molar-refractivity contribution in [1.82, 2.24) is 14.8 Å². The second kappa shape index (κ2) is 4.06. The molecule has 0 radical (unpaired) electrons. The van der Waals surface area contributed by atoms with Gasteiger partial charge in [0.2, 0.25) is 0 Å². The fourth-order valence-corrected chi connectivity index (χ4v) is 2.65. The highest BCUT2D eigenvalue weighted by molar-refractivity contribution is 7.22. The summed E-state index contributed by atoms with van der Waals surface area (Å²) >= 11 is 1.34. The standard InChI is InChI=1S/C12H11N5OS/c1-6-4-10(13)17(16-6)11(18)7-2-3-8-9(5-7)19-12(14)15-8/h2-5H,13H2,1H3,(H2,14,15). The first-order valence-corrected chi connectivity index (χ1v) is 6.39. The van der Waals surface area contributed by atoms with Crippen LogP contribution in [-0.2, 0) is 0 Å². The van der Waals surface area contributed by atoms with Crippen molar-refractivity contribution < 1.29 is 4.79 Å². The minimum atomic E-state index is -0.264. The molecule has 0 saturated heterocycles. The molecule has 3 rings (SSSR count). The average Bonchev–Trinajstić information content (AvgIpc) is 2.88. The highest BCUT2D eigenvalue weighted by atomic mass is 32.1. The van der Waals surface area contributed by atoms with Gasteiger partial charge in [-0.1, -0.05) is 11.3 Å². The Morgan fingerprint density at radius 3 is 2.79 bits per heavy atom. The molecular formula is C12H11N5OS. The van der Waals surface area contributed by atoms with E-state index in [-0.39, 0.29) is 5.91 Å². The lowest BCUT2D eigenvalue weighted by Crippen LogP contribution is -2.16. The van der Waals surface area contributed by atoms with Gasteiger partial charge in [-0.2, -0.15) is 9.78 Å². The quantitative estimate of drug-likeness (QED) is 0.702. The Bertz CT molecular complexity index is 789. The van der Waals surface area contributed by atoms with Crippen LogP contribution in [0.3, 0.4) is 0 Å². The molecule has 0 unspecified atom stereocenters. The summed E-state index contributed by atoms with van der Waals surface area (Å²) in [6.45, 7) is 1.78. The Hall–Kier alpha value is -2.41. The van der Waals surface area contributed by atoms with E-state index in [0.717, 1.165) is 10.2 Å². The second-order valence-electron chi connectivity index (χ2n) is 4.16. The molecule has 96 valence electrons. The van der Waals surface area contributed by atoms with Crippen LogP contribution in [0, 0.1) is 6.92 Å². The first kappa shape index (κ1) is 11.7. The predicted molar refractivity (Wildman–Crippen MR) is 75.1 cm³/mol. The van der Waals surface area contributed by atoms with Gasteiger partial charge in [-0.3, -0.25) is 4.79 Å². The van der Waals surface area contributed by atoms with Gasteiger partial charge in [0.25, 0.3) is 5.91 Å². The Morgan fingerprint density at radius 2 is 2.11 bits per heavy atom. The molecule has 1 aromatic carbocycles. The largest absolute Gasteiger partial charge is 0.383 e. The van der Waals surface area contributed by atoms with Crippen LogP contribution in [0.2, 0.25) is 0 Å². The summed E-state index contributed by atoms with van der Waals surface area (Å²) in [6, 6.07) is 6.87. The maximum atomic E-state index is 12.3. The van der Waals surface area contributed by atoms with Crippen LogP contribution in [0.4, 0.5) is 10.9 Å². The molecule has 0 bridgehead atoms. The Morgan fingerprint density at radius 1 is 1.32 bits per heavy atom. The van der Waals surface area contributed by atoms with Crippen molar-refractivity contribution >= 4 is 38.4 Å². The molecule has 19 heavy (non-hydrogen) atoms. The topological polar surface area (TPSA) is 99.8 Å². The fourth-order valence-electron chi connectivity index (χ4n) is 1.88. The maximum Gasteiger partial charge on any atom is 0.280 e. The van der Waals surface area contributed by atoms with Crippen molar-refractivity contribution in [3.63, 3.8) is 0 Å². The number of carbonyl (C=O) groups excluding carboxylic acids is 1. The van der Waals surface area contributed by atoms with Gasteiger partial charge in [0.1, 0.15) is 5.82 Å². The van der Waals surface area contributed by atoms with Crippen molar-refractivity contribution in [1.29, 1.82) is 0 Å². The third-order valence-corrected chi connectivity index (χ3v) is 3.55. The van der Waals surface area contributed by atoms with Gasteiger partial charge in [0.05, 0.1) is 15.9 Å². The van der Waals surface area contributed by atoms with E-state index < -0.39 is 0 Å². The van der Waals surface area contributed by atoms with Crippen LogP contribution in [0.5, 0.6) is 0 Å². The van der Waals surface area contributed by atoms with Crippen molar-refractivity contribution in [3.05, 3.63) is 35.5 Å². The lowest BCUT2D eigenvalue weighted by molar-refractivity contribution is 0.0947. The van der Waals surface area contributed by atoms with Crippen molar-refractivity contribution in [2.45, 2.75) is 6.92 Å². The van der Waals surface area contributed by atoms with Crippen LogP contribution in [0.25, 0.3) is 10.2 Å². The van der Waals surface area contributed by atoms with Gasteiger partial charge in [0.15, 0.2) is 5.13 Å². The van der Waals surface area contributed by atoms with Gasteiger partial charge in [0, 0.05) is 11.6 Å². The van der Waals surface area contributed by atoms with E-state index in [1.54, 1.807) is 31.2 Å². The number of benzene rings is 1. The summed E-state index contributed by atoms with van der Waals surface area (Å²) in [7, 11) is 0. The number of aromatic nitrogens is 3. The molecule has 4 N–H and O–H groups in total. The Labute approximate surface area is 112 Å². The predicted octanol–water partition coefficient (Wildman–Crippen LogP) is 1.65. The van der Waals surface area contributed by atoms with Crippen LogP contribution >= 0.6 is 11.3 Å². The number of fused-ring (bicyclic) bond motifs is 1. The van der Waals surface area contributed by atoms with Gasteiger partial charge in [-0.15, -0.1) is 0 Å². The molecule has 7 heteroatoms. The van der Waals surface area contributed by atoms with Crippen LogP contribution in [-0.4, -0.2) is 20.7 Å². The van der Waals surface area contributed by atoms with Crippen molar-refractivity contribution in [3.8, 4) is 0 Å². The highest BCUT2D eigenvalue weighted by Gasteiger charge is 2.14. The molecular weight excluding hydrogens is 262 g/mol. The normalized spacial score (nSPS) is 11.0. The maximum absolute atomic E-state index is 12.3. The number of thiazole rings is 1. The van der Waals surface area contributed by atoms with E-state index in [4.69, 9.17) is 11.5 Å². The number of nitrogen functional groups attached to an aromatic ring is 2. The zero-order valence-electron chi connectivity index (χ0n) is 10.1. The van der Waals surface area contributed by atoms with Crippen molar-refractivity contribution in [2.75, 3.05) is 11.5 Å². The highest BCUT2D eigenvalue weighted by Crippen LogP contribution is 2.25. The third-order valence-electron chi connectivity index (χ3n) is 2.70. The van der Waals surface area contributed by atoms with E-state index in [0.29, 0.717) is 22.2 Å². The number of hydrogen-bond donors (Lipinski definition) is 2. The fraction of sp³-hybridized carbons (Fsp3) is 0.0833. The Balaban J connectivity index is 2.08. The molecule has 0 amide bonds. The molecule has 6 nitrogen and oxygen atoms in total. The van der Waals surface area contributed by atoms with E-state index in [2.05, 4.69) is 10.1 Å². The first-order valence-electron chi connectivity index (χ1n) is 5.57. The van der Waals surface area contributed by atoms with Gasteiger partial charge >= 0.3 is 0 Å². The van der Waals surface area contributed by atoms with Crippen LogP contribution in [0.15, 0.2) is 24.3 Å². The number of hydrogen-bond acceptors (Lipinski definition) is 6. The molecule has 3 aromatic rings. The molecule has 0 fully saturated rings. The van der Waals surface area contributed by atoms with E-state index in [9.17, 15) is 4.79 Å². The summed E-state index contributed by atoms with van der Waals surface area (Å²) in [4.78, 5) is 16.5. The number of nitrogens with zero attached hydrogens (tertiary/aromatic N) is 3. The SMILES string of the molecule is Cc1cc(N)n(C(=O)c2ccc3nc(N)sc3c2)n1. The minimum absolute atomic E-state index is 0.264. The number of carbonyl (C=O) groups is 1. The summed E-state index contributed by atoms with van der Waals surface area (Å²) in [5.74, 6) is 0.0610. The third kappa shape index (κ3) is 1.93. The summed E-state index contributed by atoms with van der Waals surface area (Å²) in [6.07, 6.45) is 0. The zero-order chi connectivity index (χ0) is 13.6. The number of rotatable bonds is 1. The molecule has 0 aliphatic heterocycles. The molecule has 0 aliphatic carbocycles. The smallest absolute Gasteiger partial charge is 0.280 e. The van der Waals surface area contributed by atoms with Gasteiger partial charge in [-0.05, 0) is 25.1 Å². The van der Waals surface area contributed by atoms with E-state index in [1.807, 2.05) is 0 Å². The van der Waals surface area contributed by atoms with Crippen LogP contribution < -0.4 is 11.5 Å². The zero-order valence-corrected chi connectivity index (χ0v) is 10.9. The number of anilines is 2. The van der Waals surface area contributed by atoms with Crippen molar-refractivity contribution in [2.24, 2.45) is 0 Å². The second-order valence-corrected chi connectivity index (χ2v) is 5.22. The first-order chi connectivity index (χ1) is 9.04. The van der Waals surface area contributed by atoms with Crippen LogP contribution in [0.1, 0.15) is 16.1 Å². The molecule has 0 aliphatic rings. The minimum Gasteiger partial charge on any atom is -0.383 e. The van der Waals surface area contributed by atoms with E-state index >= 15 is 0 Å². The monoisotopic (exact) mass is 273 g/mol. The molecule has 0 saturated carbocycles. The lowest BCUT2D eigenvalue weighted by Gasteiger charge is -2.02. The molecule has 0 atom stereocenters. The summed E-state index contributed by atoms with van der Waals surface area (Å²) in [5, 5.41) is 4.56. The summed E-state index contributed by atoms with van der Waals surface area (Å²) < 4.78 is 2.06. The molecule has 2 aromatic heterocycles. The summed E-state index contributed by atoms with van der Waals surface area (Å²) in [5.41, 5.74) is 13.4. The molecule has 2 heterocycles.